The quantitative estimate of drug-likeness (QED) is 0.484. The Morgan fingerprint density at radius 2 is 2.12 bits per heavy atom. The molecule has 7 heteroatoms. The van der Waals surface area contributed by atoms with Crippen molar-refractivity contribution in [1.29, 1.82) is 0 Å². The van der Waals surface area contributed by atoms with Crippen molar-refractivity contribution < 1.29 is 19.2 Å². The molecule has 1 atom stereocenters. The first-order valence-corrected chi connectivity index (χ1v) is 8.80. The Kier molecular flexibility index (Phi) is 5.25. The molecule has 3 rings (SSSR count). The first-order valence-electron chi connectivity index (χ1n) is 8.80. The summed E-state index contributed by atoms with van der Waals surface area (Å²) in [5, 5.41) is 14.5. The van der Waals surface area contributed by atoms with Gasteiger partial charge in [0.25, 0.3) is 5.69 Å². The maximum Gasteiger partial charge on any atom is 0.513 e. The lowest BCUT2D eigenvalue weighted by atomic mass is 9.79. The van der Waals surface area contributed by atoms with Crippen LogP contribution in [0.3, 0.4) is 0 Å². The second-order valence-electron chi connectivity index (χ2n) is 6.40. The Bertz CT molecular complexity index is 797. The number of rotatable bonds is 4. The number of allylic oxidation sites excluding steroid dienone is 3. The molecule has 7 nitrogen and oxygen atoms in total. The Balaban J connectivity index is 2.05. The van der Waals surface area contributed by atoms with Crippen LogP contribution in [0.5, 0.6) is 0 Å². The smallest absolute Gasteiger partial charge is 0.434 e. The molecule has 1 aliphatic heterocycles. The molecule has 0 radical (unpaired) electrons. The number of nitro groups is 1. The van der Waals surface area contributed by atoms with Gasteiger partial charge in [-0.2, -0.15) is 0 Å². The predicted molar refractivity (Wildman–Crippen MR) is 95.3 cm³/mol. The molecule has 0 spiro atoms. The average molecular weight is 358 g/mol. The van der Waals surface area contributed by atoms with Crippen molar-refractivity contribution in [3.05, 3.63) is 62.7 Å². The van der Waals surface area contributed by atoms with Gasteiger partial charge in [0.05, 0.1) is 23.1 Å². The van der Waals surface area contributed by atoms with Gasteiger partial charge in [-0.3, -0.25) is 10.1 Å². The topological polar surface area (TPSA) is 90.7 Å². The van der Waals surface area contributed by atoms with E-state index in [2.05, 4.69) is 5.32 Å². The highest BCUT2D eigenvalue weighted by Crippen LogP contribution is 2.44. The van der Waals surface area contributed by atoms with Crippen LogP contribution in [0.2, 0.25) is 0 Å². The Labute approximate surface area is 151 Å². The van der Waals surface area contributed by atoms with Crippen molar-refractivity contribution >= 4 is 11.8 Å². The molecule has 0 saturated carbocycles. The first kappa shape index (κ1) is 18.0. The highest BCUT2D eigenvalue weighted by Gasteiger charge is 2.34. The molecule has 1 N–H and O–H groups in total. The van der Waals surface area contributed by atoms with Crippen molar-refractivity contribution in [2.75, 3.05) is 6.61 Å². The fourth-order valence-corrected chi connectivity index (χ4v) is 3.60. The van der Waals surface area contributed by atoms with E-state index < -0.39 is 11.1 Å². The molecule has 1 heterocycles. The van der Waals surface area contributed by atoms with Gasteiger partial charge in [0.15, 0.2) is 0 Å². The highest BCUT2D eigenvalue weighted by molar-refractivity contribution is 5.63. The number of nitrogens with one attached hydrogen (secondary N) is 1. The van der Waals surface area contributed by atoms with Gasteiger partial charge in [-0.05, 0) is 50.7 Å². The zero-order valence-corrected chi connectivity index (χ0v) is 14.9. The van der Waals surface area contributed by atoms with Gasteiger partial charge < -0.3 is 14.8 Å². The normalized spacial score (nSPS) is 19.5. The third-order valence-corrected chi connectivity index (χ3v) is 4.70. The van der Waals surface area contributed by atoms with Crippen LogP contribution in [0.15, 0.2) is 47.0 Å². The highest BCUT2D eigenvalue weighted by atomic mass is 16.7. The van der Waals surface area contributed by atoms with Crippen molar-refractivity contribution in [2.45, 2.75) is 45.4 Å². The van der Waals surface area contributed by atoms with Gasteiger partial charge in [-0.25, -0.2) is 4.79 Å². The lowest BCUT2D eigenvalue weighted by Gasteiger charge is -2.34. The predicted octanol–water partition coefficient (Wildman–Crippen LogP) is 4.51. The minimum atomic E-state index is -0.765. The van der Waals surface area contributed by atoms with Crippen LogP contribution in [0.1, 0.15) is 51.0 Å². The molecule has 0 bridgehead atoms. The van der Waals surface area contributed by atoms with Crippen LogP contribution in [0.25, 0.3) is 0 Å². The van der Waals surface area contributed by atoms with E-state index in [0.717, 1.165) is 48.2 Å². The van der Waals surface area contributed by atoms with Crippen molar-refractivity contribution in [2.24, 2.45) is 0 Å². The standard InChI is InChI=1S/C19H22N2O5/c1-3-25-19(22)26-18-12(2)20-16-10-5-4-9-15(16)17(18)13-7-6-8-14(11-13)21(23)24/h6-8,11,17,20H,3-5,9-10H2,1-2H3. The lowest BCUT2D eigenvalue weighted by molar-refractivity contribution is -0.384. The van der Waals surface area contributed by atoms with Gasteiger partial charge in [0.2, 0.25) is 0 Å². The van der Waals surface area contributed by atoms with Crippen LogP contribution in [0.4, 0.5) is 10.5 Å². The van der Waals surface area contributed by atoms with E-state index in [1.54, 1.807) is 19.1 Å². The van der Waals surface area contributed by atoms with Gasteiger partial charge in [0.1, 0.15) is 5.76 Å². The van der Waals surface area contributed by atoms with Crippen molar-refractivity contribution in [3.63, 3.8) is 0 Å². The number of dihydropyridines is 1. The molecule has 1 unspecified atom stereocenters. The largest absolute Gasteiger partial charge is 0.513 e. The summed E-state index contributed by atoms with van der Waals surface area (Å²) < 4.78 is 10.4. The Hall–Kier alpha value is -2.83. The van der Waals surface area contributed by atoms with E-state index in [0.29, 0.717) is 5.76 Å². The second-order valence-corrected chi connectivity index (χ2v) is 6.40. The number of ether oxygens (including phenoxy) is 2. The number of non-ortho nitro benzene ring substituents is 1. The summed E-state index contributed by atoms with van der Waals surface area (Å²) in [5.41, 5.74) is 3.75. The molecular weight excluding hydrogens is 336 g/mol. The Morgan fingerprint density at radius 1 is 1.35 bits per heavy atom. The van der Waals surface area contributed by atoms with E-state index in [4.69, 9.17) is 9.47 Å². The molecular formula is C19H22N2O5. The fourth-order valence-electron chi connectivity index (χ4n) is 3.60. The number of nitrogens with zero attached hydrogens (tertiary/aromatic N) is 1. The number of carbonyl (C=O) groups is 1. The van der Waals surface area contributed by atoms with Crippen LogP contribution in [-0.4, -0.2) is 17.7 Å². The lowest BCUT2D eigenvalue weighted by Crippen LogP contribution is -2.29. The zero-order valence-electron chi connectivity index (χ0n) is 14.9. The number of hydrogen-bond donors (Lipinski definition) is 1. The molecule has 0 saturated heterocycles. The van der Waals surface area contributed by atoms with Crippen LogP contribution >= 0.6 is 0 Å². The SMILES string of the molecule is CCOC(=O)OC1=C(C)NC2=C(CCCC2)C1c1cccc([N+](=O)[O-])c1. The van der Waals surface area contributed by atoms with Crippen molar-refractivity contribution in [1.82, 2.24) is 5.32 Å². The average Bonchev–Trinajstić information content (AvgIpc) is 2.62. The summed E-state index contributed by atoms with van der Waals surface area (Å²) >= 11 is 0. The van der Waals surface area contributed by atoms with Crippen LogP contribution < -0.4 is 5.32 Å². The van der Waals surface area contributed by atoms with Crippen LogP contribution in [-0.2, 0) is 9.47 Å². The third-order valence-electron chi connectivity index (χ3n) is 4.70. The monoisotopic (exact) mass is 358 g/mol. The molecule has 0 aromatic heterocycles. The van der Waals surface area contributed by atoms with Gasteiger partial charge in [-0.15, -0.1) is 0 Å². The molecule has 0 fully saturated rings. The number of hydrogen-bond acceptors (Lipinski definition) is 6. The summed E-state index contributed by atoms with van der Waals surface area (Å²) in [6, 6.07) is 6.51. The van der Waals surface area contributed by atoms with Gasteiger partial charge in [0, 0.05) is 17.8 Å². The van der Waals surface area contributed by atoms with Gasteiger partial charge >= 0.3 is 6.16 Å². The van der Waals surface area contributed by atoms with E-state index in [9.17, 15) is 14.9 Å². The molecule has 0 amide bonds. The minimum absolute atomic E-state index is 0.0205. The summed E-state index contributed by atoms with van der Waals surface area (Å²) in [4.78, 5) is 22.7. The molecule has 2 aliphatic rings. The third kappa shape index (κ3) is 3.56. The molecule has 138 valence electrons. The summed E-state index contributed by atoms with van der Waals surface area (Å²) in [7, 11) is 0. The Morgan fingerprint density at radius 3 is 2.85 bits per heavy atom. The summed E-state index contributed by atoms with van der Waals surface area (Å²) in [6.07, 6.45) is 3.15. The van der Waals surface area contributed by atoms with Crippen molar-refractivity contribution in [3.8, 4) is 0 Å². The van der Waals surface area contributed by atoms with E-state index in [-0.39, 0.29) is 18.2 Å². The number of benzene rings is 1. The molecule has 1 aliphatic carbocycles. The maximum absolute atomic E-state index is 11.9. The minimum Gasteiger partial charge on any atom is -0.434 e. The second kappa shape index (κ2) is 7.59. The summed E-state index contributed by atoms with van der Waals surface area (Å²) in [5.74, 6) is 0.125. The number of carbonyl (C=O) groups excluding carboxylic acids is 1. The zero-order chi connectivity index (χ0) is 18.7. The van der Waals surface area contributed by atoms with Crippen LogP contribution in [0, 0.1) is 10.1 Å². The fraction of sp³-hybridized carbons (Fsp3) is 0.421. The van der Waals surface area contributed by atoms with E-state index in [1.807, 2.05) is 13.0 Å². The molecule has 1 aromatic carbocycles. The van der Waals surface area contributed by atoms with E-state index >= 15 is 0 Å². The molecule has 26 heavy (non-hydrogen) atoms. The van der Waals surface area contributed by atoms with Gasteiger partial charge in [-0.1, -0.05) is 12.1 Å². The first-order chi connectivity index (χ1) is 12.5. The molecule has 1 aromatic rings. The number of nitro benzene ring substituents is 1. The summed E-state index contributed by atoms with van der Waals surface area (Å²) in [6.45, 7) is 3.77. The van der Waals surface area contributed by atoms with E-state index in [1.165, 1.54) is 6.07 Å². The maximum atomic E-state index is 11.9.